The third-order valence-corrected chi connectivity index (χ3v) is 2.66. The van der Waals surface area contributed by atoms with Gasteiger partial charge in [-0.05, 0) is 25.8 Å². The maximum atomic E-state index is 11.5. The van der Waals surface area contributed by atoms with Gasteiger partial charge in [0.1, 0.15) is 0 Å². The molecule has 3 heteroatoms. The molecule has 0 radical (unpaired) electrons. The van der Waals surface area contributed by atoms with Gasteiger partial charge in [0, 0.05) is 19.1 Å². The first-order valence-electron chi connectivity index (χ1n) is 6.25. The van der Waals surface area contributed by atoms with E-state index in [0.29, 0.717) is 12.8 Å². The minimum absolute atomic E-state index is 0.0145. The van der Waals surface area contributed by atoms with Crippen LogP contribution in [0.15, 0.2) is 30.3 Å². The third-order valence-electron chi connectivity index (χ3n) is 2.66. The van der Waals surface area contributed by atoms with Gasteiger partial charge in [-0.2, -0.15) is 0 Å². The van der Waals surface area contributed by atoms with E-state index in [2.05, 4.69) is 5.32 Å². The van der Waals surface area contributed by atoms with Crippen molar-refractivity contribution in [2.45, 2.75) is 32.7 Å². The molecule has 0 heterocycles. The van der Waals surface area contributed by atoms with Crippen LogP contribution in [-0.4, -0.2) is 23.7 Å². The van der Waals surface area contributed by atoms with Crippen molar-refractivity contribution in [2.75, 3.05) is 6.61 Å². The highest BCUT2D eigenvalue weighted by molar-refractivity contribution is 5.78. The van der Waals surface area contributed by atoms with E-state index in [9.17, 15) is 4.79 Å². The van der Waals surface area contributed by atoms with Crippen molar-refractivity contribution >= 4 is 12.0 Å². The molecule has 3 nitrogen and oxygen atoms in total. The molecule has 98 valence electrons. The Morgan fingerprint density at radius 3 is 2.67 bits per heavy atom. The zero-order valence-corrected chi connectivity index (χ0v) is 11.0. The van der Waals surface area contributed by atoms with E-state index in [1.807, 2.05) is 50.3 Å². The van der Waals surface area contributed by atoms with E-state index in [1.54, 1.807) is 0 Å². The Balaban J connectivity index is 2.35. The van der Waals surface area contributed by atoms with Gasteiger partial charge >= 0.3 is 0 Å². The van der Waals surface area contributed by atoms with Crippen LogP contribution < -0.4 is 5.32 Å². The Kier molecular flexibility index (Phi) is 6.15. The Labute approximate surface area is 109 Å². The van der Waals surface area contributed by atoms with Crippen molar-refractivity contribution in [2.24, 2.45) is 0 Å². The van der Waals surface area contributed by atoms with Crippen molar-refractivity contribution in [3.05, 3.63) is 41.5 Å². The van der Waals surface area contributed by atoms with Crippen LogP contribution >= 0.6 is 0 Å². The molecule has 0 spiro atoms. The van der Waals surface area contributed by atoms with Crippen molar-refractivity contribution < 1.29 is 9.90 Å². The summed E-state index contributed by atoms with van der Waals surface area (Å²) in [4.78, 5) is 11.5. The maximum Gasteiger partial charge on any atom is 0.224 e. The van der Waals surface area contributed by atoms with Gasteiger partial charge in [0.2, 0.25) is 5.91 Å². The Morgan fingerprint density at radius 1 is 1.39 bits per heavy atom. The lowest BCUT2D eigenvalue weighted by Crippen LogP contribution is -2.32. The molecule has 1 aromatic rings. The molecule has 2 N–H and O–H groups in total. The molecule has 0 aliphatic heterocycles. The molecule has 0 aromatic heterocycles. The average Bonchev–Trinajstić information content (AvgIpc) is 2.32. The number of carbonyl (C=O) groups excluding carboxylic acids is 1. The molecule has 0 saturated heterocycles. The normalized spacial score (nSPS) is 12.6. The molecule has 1 atom stereocenters. The molecule has 1 amide bonds. The number of rotatable bonds is 6. The minimum atomic E-state index is -0.0145. The summed E-state index contributed by atoms with van der Waals surface area (Å²) in [5, 5.41) is 11.6. The fourth-order valence-corrected chi connectivity index (χ4v) is 1.58. The standard InChI is InChI=1S/C15H21NO2/c1-12-6-8-14(9-7-12)4-3-5-15(18)16-13(2)10-11-17/h3-4,6-9,13,17H,5,10-11H2,1-2H3,(H,16,18)/b4-3+/t13-/m1/s1. The number of hydrogen-bond donors (Lipinski definition) is 2. The largest absolute Gasteiger partial charge is 0.396 e. The first kappa shape index (κ1) is 14.5. The summed E-state index contributed by atoms with van der Waals surface area (Å²) >= 11 is 0. The van der Waals surface area contributed by atoms with Crippen LogP contribution in [0.5, 0.6) is 0 Å². The zero-order chi connectivity index (χ0) is 13.4. The Morgan fingerprint density at radius 2 is 2.06 bits per heavy atom. The Bertz CT molecular complexity index is 395. The van der Waals surface area contributed by atoms with Gasteiger partial charge in [-0.15, -0.1) is 0 Å². The molecule has 18 heavy (non-hydrogen) atoms. The van der Waals surface area contributed by atoms with Crippen LogP contribution in [0.2, 0.25) is 0 Å². The zero-order valence-electron chi connectivity index (χ0n) is 11.0. The number of nitrogens with one attached hydrogen (secondary N) is 1. The molecule has 1 aromatic carbocycles. The number of aliphatic hydroxyl groups excluding tert-OH is 1. The second-order valence-corrected chi connectivity index (χ2v) is 4.50. The number of hydrogen-bond acceptors (Lipinski definition) is 2. The van der Waals surface area contributed by atoms with E-state index in [0.717, 1.165) is 5.56 Å². The average molecular weight is 247 g/mol. The van der Waals surface area contributed by atoms with Crippen LogP contribution in [0.4, 0.5) is 0 Å². The SMILES string of the molecule is Cc1ccc(/C=C/CC(=O)N[C@H](C)CCO)cc1. The smallest absolute Gasteiger partial charge is 0.224 e. The second-order valence-electron chi connectivity index (χ2n) is 4.50. The highest BCUT2D eigenvalue weighted by Gasteiger charge is 2.04. The lowest BCUT2D eigenvalue weighted by molar-refractivity contribution is -0.120. The number of carbonyl (C=O) groups is 1. The van der Waals surface area contributed by atoms with Crippen LogP contribution in [0.1, 0.15) is 30.9 Å². The minimum Gasteiger partial charge on any atom is -0.396 e. The van der Waals surface area contributed by atoms with Gasteiger partial charge in [0.05, 0.1) is 0 Å². The highest BCUT2D eigenvalue weighted by Crippen LogP contribution is 2.05. The van der Waals surface area contributed by atoms with Crippen molar-refractivity contribution in [3.8, 4) is 0 Å². The lowest BCUT2D eigenvalue weighted by Gasteiger charge is -2.10. The van der Waals surface area contributed by atoms with Gasteiger partial charge in [-0.1, -0.05) is 42.0 Å². The predicted molar refractivity (Wildman–Crippen MR) is 74.1 cm³/mol. The molecule has 0 fully saturated rings. The van der Waals surface area contributed by atoms with Gasteiger partial charge in [0.25, 0.3) is 0 Å². The van der Waals surface area contributed by atoms with E-state index in [1.165, 1.54) is 5.56 Å². The maximum absolute atomic E-state index is 11.5. The Hall–Kier alpha value is -1.61. The van der Waals surface area contributed by atoms with Crippen LogP contribution in [0.3, 0.4) is 0 Å². The third kappa shape index (κ3) is 5.64. The first-order chi connectivity index (χ1) is 8.61. The number of aliphatic hydroxyl groups is 1. The van der Waals surface area contributed by atoms with Crippen LogP contribution in [0.25, 0.3) is 6.08 Å². The predicted octanol–water partition coefficient (Wildman–Crippen LogP) is 2.29. The summed E-state index contributed by atoms with van der Waals surface area (Å²) in [5.41, 5.74) is 2.32. The number of amides is 1. The molecular formula is C15H21NO2. The van der Waals surface area contributed by atoms with E-state index in [4.69, 9.17) is 5.11 Å². The molecule has 0 aliphatic rings. The van der Waals surface area contributed by atoms with Crippen LogP contribution in [0, 0.1) is 6.92 Å². The fraction of sp³-hybridized carbons (Fsp3) is 0.400. The van der Waals surface area contributed by atoms with E-state index < -0.39 is 0 Å². The van der Waals surface area contributed by atoms with Crippen LogP contribution in [-0.2, 0) is 4.79 Å². The fourth-order valence-electron chi connectivity index (χ4n) is 1.58. The molecule has 1 rings (SSSR count). The van der Waals surface area contributed by atoms with Crippen molar-refractivity contribution in [1.82, 2.24) is 5.32 Å². The van der Waals surface area contributed by atoms with Gasteiger partial charge < -0.3 is 10.4 Å². The first-order valence-corrected chi connectivity index (χ1v) is 6.25. The summed E-state index contributed by atoms with van der Waals surface area (Å²) in [7, 11) is 0. The number of benzene rings is 1. The molecule has 0 unspecified atom stereocenters. The summed E-state index contributed by atoms with van der Waals surface area (Å²) < 4.78 is 0. The monoisotopic (exact) mass is 247 g/mol. The highest BCUT2D eigenvalue weighted by atomic mass is 16.3. The van der Waals surface area contributed by atoms with Gasteiger partial charge in [0.15, 0.2) is 0 Å². The van der Waals surface area contributed by atoms with Gasteiger partial charge in [-0.25, -0.2) is 0 Å². The molecule has 0 aliphatic carbocycles. The van der Waals surface area contributed by atoms with Crippen molar-refractivity contribution in [3.63, 3.8) is 0 Å². The second kappa shape index (κ2) is 7.67. The molecular weight excluding hydrogens is 226 g/mol. The summed E-state index contributed by atoms with van der Waals surface area (Å²) in [5.74, 6) is -0.0145. The summed E-state index contributed by atoms with van der Waals surface area (Å²) in [6, 6.07) is 8.16. The lowest BCUT2D eigenvalue weighted by atomic mass is 10.1. The number of aryl methyl sites for hydroxylation is 1. The van der Waals surface area contributed by atoms with Gasteiger partial charge in [-0.3, -0.25) is 4.79 Å². The van der Waals surface area contributed by atoms with E-state index >= 15 is 0 Å². The quantitative estimate of drug-likeness (QED) is 0.810. The summed E-state index contributed by atoms with van der Waals surface area (Å²) in [6.45, 7) is 4.03. The van der Waals surface area contributed by atoms with E-state index in [-0.39, 0.29) is 18.6 Å². The molecule has 0 bridgehead atoms. The van der Waals surface area contributed by atoms with Crippen molar-refractivity contribution in [1.29, 1.82) is 0 Å². The molecule has 0 saturated carbocycles. The summed E-state index contributed by atoms with van der Waals surface area (Å²) in [6.07, 6.45) is 4.75. The topological polar surface area (TPSA) is 49.3 Å².